The van der Waals surface area contributed by atoms with E-state index in [4.69, 9.17) is 9.84 Å². The van der Waals surface area contributed by atoms with Gasteiger partial charge in [-0.05, 0) is 48.9 Å². The van der Waals surface area contributed by atoms with Crippen molar-refractivity contribution < 1.29 is 18.3 Å². The standard InChI is InChI=1S/C27H32F2N6O2/c1-17(36)33-9-5-24-23(16-33)27(31-35(24)20-6-10-37-11-7-20)34-8-3-4-18-12-21(19-14-30-32(2)15-19)22(26(28)29)13-25(18)34/h12-15,20,26H,3-11,16H2,1-2H3. The molecule has 196 valence electrons. The van der Waals surface area contributed by atoms with Gasteiger partial charge in [0, 0.05) is 81.0 Å². The quantitative estimate of drug-likeness (QED) is 0.515. The molecule has 0 N–H and O–H groups in total. The second-order valence-electron chi connectivity index (χ2n) is 10.3. The third kappa shape index (κ3) is 4.31. The second-order valence-corrected chi connectivity index (χ2v) is 10.3. The first-order valence-electron chi connectivity index (χ1n) is 13.1. The molecule has 0 bridgehead atoms. The van der Waals surface area contributed by atoms with Crippen LogP contribution in [0.5, 0.6) is 0 Å². The fourth-order valence-corrected chi connectivity index (χ4v) is 6.01. The molecule has 0 unspecified atom stereocenters. The number of anilines is 2. The van der Waals surface area contributed by atoms with Gasteiger partial charge in [0.05, 0.1) is 18.8 Å². The van der Waals surface area contributed by atoms with Gasteiger partial charge in [0.15, 0.2) is 5.82 Å². The summed E-state index contributed by atoms with van der Waals surface area (Å²) in [4.78, 5) is 16.2. The summed E-state index contributed by atoms with van der Waals surface area (Å²) in [5.74, 6) is 0.832. The maximum atomic E-state index is 14.4. The van der Waals surface area contributed by atoms with E-state index in [-0.39, 0.29) is 17.5 Å². The highest BCUT2D eigenvalue weighted by molar-refractivity contribution is 5.78. The van der Waals surface area contributed by atoms with Gasteiger partial charge in [0.25, 0.3) is 6.43 Å². The minimum absolute atomic E-state index is 0.00161. The van der Waals surface area contributed by atoms with Crippen molar-refractivity contribution in [3.8, 4) is 11.1 Å². The summed E-state index contributed by atoms with van der Waals surface area (Å²) in [6.45, 7) is 4.85. The number of aromatic nitrogens is 4. The summed E-state index contributed by atoms with van der Waals surface area (Å²) in [5.41, 5.74) is 5.24. The summed E-state index contributed by atoms with van der Waals surface area (Å²) in [6, 6.07) is 3.80. The second kappa shape index (κ2) is 9.55. The van der Waals surface area contributed by atoms with E-state index in [0.29, 0.717) is 44.0 Å². The number of alkyl halides is 2. The van der Waals surface area contributed by atoms with Crippen LogP contribution in [0.15, 0.2) is 24.5 Å². The lowest BCUT2D eigenvalue weighted by molar-refractivity contribution is -0.129. The third-order valence-corrected chi connectivity index (χ3v) is 7.92. The number of nitrogens with zero attached hydrogens (tertiary/aromatic N) is 6. The fraction of sp³-hybridized carbons (Fsp3) is 0.519. The van der Waals surface area contributed by atoms with Gasteiger partial charge in [-0.2, -0.15) is 10.2 Å². The van der Waals surface area contributed by atoms with Crippen LogP contribution in [0.3, 0.4) is 0 Å². The number of hydrogen-bond donors (Lipinski definition) is 0. The number of hydrogen-bond acceptors (Lipinski definition) is 5. The number of rotatable bonds is 4. The molecule has 3 aliphatic rings. The zero-order valence-corrected chi connectivity index (χ0v) is 21.3. The van der Waals surface area contributed by atoms with E-state index in [1.165, 1.54) is 0 Å². The van der Waals surface area contributed by atoms with Gasteiger partial charge in [0.1, 0.15) is 0 Å². The molecule has 10 heteroatoms. The Bertz CT molecular complexity index is 1330. The van der Waals surface area contributed by atoms with Crippen LogP contribution < -0.4 is 4.90 Å². The summed E-state index contributed by atoms with van der Waals surface area (Å²) < 4.78 is 38.1. The molecule has 3 aromatic rings. The van der Waals surface area contributed by atoms with Crippen LogP contribution in [0.1, 0.15) is 61.0 Å². The molecular formula is C27H32F2N6O2. The van der Waals surface area contributed by atoms with E-state index < -0.39 is 6.43 Å². The summed E-state index contributed by atoms with van der Waals surface area (Å²) in [7, 11) is 1.79. The highest BCUT2D eigenvalue weighted by Gasteiger charge is 2.34. The van der Waals surface area contributed by atoms with Gasteiger partial charge in [0.2, 0.25) is 5.91 Å². The lowest BCUT2D eigenvalue weighted by atomic mass is 9.92. The number of amides is 1. The molecule has 3 aliphatic heterocycles. The van der Waals surface area contributed by atoms with Gasteiger partial charge in [-0.1, -0.05) is 0 Å². The van der Waals surface area contributed by atoms with Crippen LogP contribution in [0.2, 0.25) is 0 Å². The van der Waals surface area contributed by atoms with Crippen LogP contribution in [-0.2, 0) is 36.0 Å². The van der Waals surface area contributed by atoms with E-state index in [1.807, 2.05) is 11.0 Å². The number of halogens is 2. The molecule has 0 saturated carbocycles. The molecule has 8 nitrogen and oxygen atoms in total. The number of carbonyl (C=O) groups is 1. The predicted octanol–water partition coefficient (Wildman–Crippen LogP) is 4.56. The molecule has 5 heterocycles. The Morgan fingerprint density at radius 1 is 1.16 bits per heavy atom. The average molecular weight is 511 g/mol. The van der Waals surface area contributed by atoms with Crippen LogP contribution in [0.25, 0.3) is 11.1 Å². The van der Waals surface area contributed by atoms with Gasteiger partial charge >= 0.3 is 0 Å². The largest absolute Gasteiger partial charge is 0.381 e. The predicted molar refractivity (Wildman–Crippen MR) is 135 cm³/mol. The van der Waals surface area contributed by atoms with Crippen molar-refractivity contribution in [2.75, 3.05) is 31.2 Å². The fourth-order valence-electron chi connectivity index (χ4n) is 6.01. The minimum Gasteiger partial charge on any atom is -0.381 e. The Morgan fingerprint density at radius 2 is 1.97 bits per heavy atom. The molecule has 6 rings (SSSR count). The minimum atomic E-state index is -2.62. The molecule has 2 aromatic heterocycles. The first-order chi connectivity index (χ1) is 17.9. The molecule has 0 atom stereocenters. The Balaban J connectivity index is 1.47. The van der Waals surface area contributed by atoms with Crippen LogP contribution in [0.4, 0.5) is 20.3 Å². The van der Waals surface area contributed by atoms with E-state index in [9.17, 15) is 13.6 Å². The molecule has 1 aromatic carbocycles. The van der Waals surface area contributed by atoms with Crippen molar-refractivity contribution in [2.24, 2.45) is 7.05 Å². The molecule has 0 spiro atoms. The topological polar surface area (TPSA) is 68.4 Å². The summed E-state index contributed by atoms with van der Waals surface area (Å²) in [5, 5.41) is 9.33. The maximum Gasteiger partial charge on any atom is 0.264 e. The molecule has 1 fully saturated rings. The Morgan fingerprint density at radius 3 is 2.68 bits per heavy atom. The smallest absolute Gasteiger partial charge is 0.264 e. The SMILES string of the molecule is CC(=O)N1CCc2c(c(N3CCCc4cc(-c5cnn(C)c5)c(C(F)F)cc43)nn2C2CCOCC2)C1. The van der Waals surface area contributed by atoms with Gasteiger partial charge in [-0.15, -0.1) is 0 Å². The highest BCUT2D eigenvalue weighted by Crippen LogP contribution is 2.43. The normalized spacial score (nSPS) is 18.3. The van der Waals surface area contributed by atoms with E-state index in [2.05, 4.69) is 14.7 Å². The summed E-state index contributed by atoms with van der Waals surface area (Å²) in [6.07, 6.45) is 5.02. The van der Waals surface area contributed by atoms with Gasteiger partial charge < -0.3 is 14.5 Å². The van der Waals surface area contributed by atoms with Crippen molar-refractivity contribution in [1.82, 2.24) is 24.5 Å². The van der Waals surface area contributed by atoms with Gasteiger partial charge in [-0.3, -0.25) is 14.2 Å². The first-order valence-corrected chi connectivity index (χ1v) is 13.1. The van der Waals surface area contributed by atoms with Crippen LogP contribution in [0, 0.1) is 0 Å². The van der Waals surface area contributed by atoms with Crippen molar-refractivity contribution in [2.45, 2.75) is 58.0 Å². The average Bonchev–Trinajstić information content (AvgIpc) is 3.51. The number of carbonyl (C=O) groups excluding carboxylic acids is 1. The van der Waals surface area contributed by atoms with Crippen LogP contribution in [-0.4, -0.2) is 56.7 Å². The van der Waals surface area contributed by atoms with E-state index in [1.54, 1.807) is 37.1 Å². The Hall–Kier alpha value is -3.27. The molecule has 0 aliphatic carbocycles. The van der Waals surface area contributed by atoms with Crippen molar-refractivity contribution in [3.63, 3.8) is 0 Å². The molecule has 0 radical (unpaired) electrons. The Labute approximate surface area is 214 Å². The number of ether oxygens (including phenoxy) is 1. The molecule has 37 heavy (non-hydrogen) atoms. The Kier molecular flexibility index (Phi) is 6.22. The lowest BCUT2D eigenvalue weighted by Crippen LogP contribution is -2.36. The van der Waals surface area contributed by atoms with E-state index in [0.717, 1.165) is 60.4 Å². The van der Waals surface area contributed by atoms with E-state index >= 15 is 0 Å². The summed E-state index contributed by atoms with van der Waals surface area (Å²) >= 11 is 0. The number of fused-ring (bicyclic) bond motifs is 2. The van der Waals surface area contributed by atoms with Crippen molar-refractivity contribution in [1.29, 1.82) is 0 Å². The van der Waals surface area contributed by atoms with Crippen molar-refractivity contribution >= 4 is 17.4 Å². The molecule has 1 saturated heterocycles. The van der Waals surface area contributed by atoms with Crippen LogP contribution >= 0.6 is 0 Å². The number of aryl methyl sites for hydroxylation is 2. The van der Waals surface area contributed by atoms with Gasteiger partial charge in [-0.25, -0.2) is 8.78 Å². The van der Waals surface area contributed by atoms with Crippen molar-refractivity contribution in [3.05, 3.63) is 46.9 Å². The highest BCUT2D eigenvalue weighted by atomic mass is 19.3. The zero-order chi connectivity index (χ0) is 25.7. The zero-order valence-electron chi connectivity index (χ0n) is 21.3. The molecule has 1 amide bonds. The maximum absolute atomic E-state index is 14.4. The number of benzene rings is 1. The first kappa shape index (κ1) is 24.1. The molecular weight excluding hydrogens is 478 g/mol. The lowest BCUT2D eigenvalue weighted by Gasteiger charge is -2.33. The monoisotopic (exact) mass is 510 g/mol. The third-order valence-electron chi connectivity index (χ3n) is 7.92.